The predicted octanol–water partition coefficient (Wildman–Crippen LogP) is 6.09. The molecule has 0 bridgehead atoms. The van der Waals surface area contributed by atoms with Crippen LogP contribution in [0.1, 0.15) is 72.9 Å². The van der Waals surface area contributed by atoms with Crippen LogP contribution < -0.4 is 16.0 Å². The highest BCUT2D eigenvalue weighted by Crippen LogP contribution is 2.52. The first-order valence-corrected chi connectivity index (χ1v) is 15.5. The Kier molecular flexibility index (Phi) is 10.1. The van der Waals surface area contributed by atoms with Crippen LogP contribution in [-0.2, 0) is 10.2 Å². The third-order valence-corrected chi connectivity index (χ3v) is 9.03. The Morgan fingerprint density at radius 1 is 0.864 bits per heavy atom. The van der Waals surface area contributed by atoms with E-state index in [-0.39, 0.29) is 23.8 Å². The number of unbranched alkanes of at least 4 members (excludes halogenated alkanes) is 2. The number of carbonyl (C=O) groups excluding carboxylic acids is 2. The maximum absolute atomic E-state index is 13.1. The number of fused-ring (bicyclic) bond motifs is 3. The van der Waals surface area contributed by atoms with Crippen LogP contribution >= 0.6 is 0 Å². The highest BCUT2D eigenvalue weighted by atomic mass is 19.4. The van der Waals surface area contributed by atoms with Crippen molar-refractivity contribution in [3.63, 3.8) is 0 Å². The van der Waals surface area contributed by atoms with Gasteiger partial charge in [0.15, 0.2) is 0 Å². The van der Waals surface area contributed by atoms with Gasteiger partial charge in [-0.3, -0.25) is 14.9 Å². The zero-order valence-electron chi connectivity index (χ0n) is 24.7. The molecule has 9 heteroatoms. The average molecular weight is 608 g/mol. The van der Waals surface area contributed by atoms with Crippen LogP contribution in [-0.4, -0.2) is 48.5 Å². The second-order valence-corrected chi connectivity index (χ2v) is 12.0. The molecule has 3 atom stereocenters. The Labute approximate surface area is 256 Å². The van der Waals surface area contributed by atoms with Crippen molar-refractivity contribution < 1.29 is 27.9 Å². The second-order valence-electron chi connectivity index (χ2n) is 12.0. The van der Waals surface area contributed by atoms with E-state index in [2.05, 4.69) is 16.0 Å². The number of amides is 2. The molecule has 6 nitrogen and oxygen atoms in total. The molecule has 3 aromatic rings. The SMILES string of the molecule is O=C(NC1CCCC(C(=O)NCCCCCC2(C(O)NCC(F)(F)F)c3ccccc3-c3ccccc32)C1)c1ccccc1. The fourth-order valence-electron chi connectivity index (χ4n) is 6.93. The zero-order chi connectivity index (χ0) is 31.2. The first-order chi connectivity index (χ1) is 21.2. The summed E-state index contributed by atoms with van der Waals surface area (Å²) in [5.41, 5.74) is 3.07. The Morgan fingerprint density at radius 2 is 1.50 bits per heavy atom. The zero-order valence-corrected chi connectivity index (χ0v) is 24.7. The van der Waals surface area contributed by atoms with Gasteiger partial charge in [0.25, 0.3) is 5.91 Å². The van der Waals surface area contributed by atoms with Gasteiger partial charge in [-0.15, -0.1) is 0 Å². The molecule has 44 heavy (non-hydrogen) atoms. The molecule has 0 heterocycles. The van der Waals surface area contributed by atoms with Gasteiger partial charge in [0.05, 0.1) is 12.0 Å². The van der Waals surface area contributed by atoms with Gasteiger partial charge in [0.1, 0.15) is 6.23 Å². The molecule has 234 valence electrons. The van der Waals surface area contributed by atoms with Crippen molar-refractivity contribution in [2.45, 2.75) is 75.2 Å². The van der Waals surface area contributed by atoms with Crippen LogP contribution in [0.4, 0.5) is 13.2 Å². The Bertz CT molecular complexity index is 1380. The third-order valence-electron chi connectivity index (χ3n) is 9.03. The van der Waals surface area contributed by atoms with Gasteiger partial charge in [-0.05, 0) is 66.5 Å². The summed E-state index contributed by atoms with van der Waals surface area (Å²) in [6, 6.07) is 24.2. The summed E-state index contributed by atoms with van der Waals surface area (Å²) in [7, 11) is 0. The summed E-state index contributed by atoms with van der Waals surface area (Å²) >= 11 is 0. The van der Waals surface area contributed by atoms with Gasteiger partial charge in [0.2, 0.25) is 5.91 Å². The van der Waals surface area contributed by atoms with Crippen molar-refractivity contribution >= 4 is 11.8 Å². The Hall–Kier alpha value is -3.69. The molecular formula is C35H40F3N3O3. The highest BCUT2D eigenvalue weighted by Gasteiger charge is 2.48. The number of benzene rings is 3. The Morgan fingerprint density at radius 3 is 2.16 bits per heavy atom. The Balaban J connectivity index is 1.15. The van der Waals surface area contributed by atoms with Crippen LogP contribution in [0.5, 0.6) is 0 Å². The van der Waals surface area contributed by atoms with Crippen LogP contribution in [0, 0.1) is 5.92 Å². The molecule has 0 aromatic heterocycles. The molecule has 2 aliphatic rings. The van der Waals surface area contributed by atoms with Crippen molar-refractivity contribution in [1.29, 1.82) is 0 Å². The van der Waals surface area contributed by atoms with E-state index in [1.165, 1.54) is 0 Å². The molecule has 4 N–H and O–H groups in total. The fraction of sp³-hybridized carbons (Fsp3) is 0.429. The molecule has 5 rings (SSSR count). The van der Waals surface area contributed by atoms with E-state index in [0.29, 0.717) is 37.8 Å². The number of rotatable bonds is 12. The number of nitrogens with one attached hydrogen (secondary N) is 3. The minimum absolute atomic E-state index is 0.00875. The topological polar surface area (TPSA) is 90.5 Å². The van der Waals surface area contributed by atoms with Crippen LogP contribution in [0.25, 0.3) is 11.1 Å². The molecule has 1 fully saturated rings. The monoisotopic (exact) mass is 607 g/mol. The summed E-state index contributed by atoms with van der Waals surface area (Å²) in [5, 5.41) is 19.8. The number of hydrogen-bond acceptors (Lipinski definition) is 4. The number of halogens is 3. The lowest BCUT2D eigenvalue weighted by Gasteiger charge is -2.37. The third kappa shape index (κ3) is 7.16. The molecule has 1 saturated carbocycles. The van der Waals surface area contributed by atoms with Crippen molar-refractivity contribution in [2.75, 3.05) is 13.1 Å². The van der Waals surface area contributed by atoms with Crippen LogP contribution in [0.3, 0.4) is 0 Å². The first kappa shape index (κ1) is 31.7. The summed E-state index contributed by atoms with van der Waals surface area (Å²) in [5.74, 6) is -0.291. The second kappa shape index (κ2) is 13.9. The summed E-state index contributed by atoms with van der Waals surface area (Å²) < 4.78 is 39.4. The van der Waals surface area contributed by atoms with E-state index in [4.69, 9.17) is 0 Å². The molecule has 3 aromatic carbocycles. The van der Waals surface area contributed by atoms with Gasteiger partial charge in [-0.1, -0.05) is 86.0 Å². The van der Waals surface area contributed by atoms with Gasteiger partial charge < -0.3 is 15.7 Å². The van der Waals surface area contributed by atoms with Gasteiger partial charge in [-0.25, -0.2) is 0 Å². The minimum Gasteiger partial charge on any atom is -0.377 e. The smallest absolute Gasteiger partial charge is 0.377 e. The molecule has 2 amide bonds. The van der Waals surface area contributed by atoms with E-state index in [1.807, 2.05) is 66.7 Å². The van der Waals surface area contributed by atoms with Crippen molar-refractivity contribution in [1.82, 2.24) is 16.0 Å². The van der Waals surface area contributed by atoms with E-state index in [9.17, 15) is 27.9 Å². The van der Waals surface area contributed by atoms with Crippen molar-refractivity contribution in [2.24, 2.45) is 5.92 Å². The number of hydrogen-bond donors (Lipinski definition) is 4. The molecule has 3 unspecified atom stereocenters. The summed E-state index contributed by atoms with van der Waals surface area (Å²) in [4.78, 5) is 25.5. The normalized spacial score (nSPS) is 19.5. The van der Waals surface area contributed by atoms with Crippen LogP contribution in [0.2, 0.25) is 0 Å². The molecule has 0 radical (unpaired) electrons. The van der Waals surface area contributed by atoms with E-state index < -0.39 is 24.4 Å². The number of aliphatic hydroxyl groups excluding tert-OH is 1. The van der Waals surface area contributed by atoms with Gasteiger partial charge in [-0.2, -0.15) is 13.2 Å². The molecular weight excluding hydrogens is 567 g/mol. The number of aliphatic hydroxyl groups is 1. The van der Waals surface area contributed by atoms with E-state index in [0.717, 1.165) is 47.9 Å². The van der Waals surface area contributed by atoms with Gasteiger partial charge in [0, 0.05) is 24.1 Å². The van der Waals surface area contributed by atoms with Crippen molar-refractivity contribution in [3.05, 3.63) is 95.6 Å². The fourth-order valence-corrected chi connectivity index (χ4v) is 6.93. The number of carbonyl (C=O) groups is 2. The molecule has 0 aliphatic heterocycles. The molecule has 2 aliphatic carbocycles. The van der Waals surface area contributed by atoms with E-state index >= 15 is 0 Å². The maximum Gasteiger partial charge on any atom is 0.401 e. The van der Waals surface area contributed by atoms with Crippen LogP contribution in [0.15, 0.2) is 78.9 Å². The largest absolute Gasteiger partial charge is 0.401 e. The minimum atomic E-state index is -4.45. The molecule has 0 spiro atoms. The lowest BCUT2D eigenvalue weighted by atomic mass is 9.72. The quantitative estimate of drug-likeness (QED) is 0.148. The number of alkyl halides is 3. The summed E-state index contributed by atoms with van der Waals surface area (Å²) in [6.45, 7) is -0.796. The standard InChI is InChI=1S/C35H40F3N3O3/c36-35(37,38)23-40-33(44)34(29-18-7-5-16-27(29)28-17-6-8-19-30(28)34)20-9-2-10-21-39-31(42)25-14-11-15-26(22-25)41-32(43)24-12-3-1-4-13-24/h1,3-8,12-13,16-19,25-26,33,40,44H,2,9-11,14-15,20-23H2,(H,39,42)(H,41,43). The first-order valence-electron chi connectivity index (χ1n) is 15.5. The summed E-state index contributed by atoms with van der Waals surface area (Å²) in [6.07, 6.45) is -0.237. The lowest BCUT2D eigenvalue weighted by Crippen LogP contribution is -2.50. The van der Waals surface area contributed by atoms with Crippen molar-refractivity contribution in [3.8, 4) is 11.1 Å². The van der Waals surface area contributed by atoms with Gasteiger partial charge >= 0.3 is 6.18 Å². The predicted molar refractivity (Wildman–Crippen MR) is 164 cm³/mol. The lowest BCUT2D eigenvalue weighted by molar-refractivity contribution is -0.133. The average Bonchev–Trinajstić information content (AvgIpc) is 3.32. The maximum atomic E-state index is 13.1. The highest BCUT2D eigenvalue weighted by molar-refractivity contribution is 5.94. The molecule has 0 saturated heterocycles. The van der Waals surface area contributed by atoms with E-state index in [1.54, 1.807) is 12.1 Å².